The first kappa shape index (κ1) is 11.5. The quantitative estimate of drug-likeness (QED) is 0.664. The van der Waals surface area contributed by atoms with Gasteiger partial charge in [-0.2, -0.15) is 0 Å². The van der Waals surface area contributed by atoms with E-state index < -0.39 is 3.79 Å². The van der Waals surface area contributed by atoms with E-state index in [2.05, 4.69) is 20.9 Å². The molecule has 0 unspecified atom stereocenters. The first-order valence-electron chi connectivity index (χ1n) is 4.09. The number of fused-ring (bicyclic) bond motifs is 1. The lowest BCUT2D eigenvalue weighted by Crippen LogP contribution is -2.08. The molecule has 0 saturated heterocycles. The minimum absolute atomic E-state index is 0.417. The first-order chi connectivity index (χ1) is 6.89. The first-order valence-corrected chi connectivity index (χ1v) is 6.01. The third-order valence-corrected chi connectivity index (χ3v) is 3.10. The maximum atomic E-state index is 5.81. The van der Waals surface area contributed by atoms with Crippen molar-refractivity contribution in [1.82, 2.24) is 9.55 Å². The van der Waals surface area contributed by atoms with Crippen LogP contribution in [0.4, 0.5) is 0 Å². The lowest BCUT2D eigenvalue weighted by molar-refractivity contribution is 0.841. The maximum Gasteiger partial charge on any atom is 0.248 e. The predicted molar refractivity (Wildman–Crippen MR) is 67.7 cm³/mol. The van der Waals surface area contributed by atoms with Crippen LogP contribution < -0.4 is 0 Å². The molecule has 0 spiro atoms. The van der Waals surface area contributed by atoms with Crippen LogP contribution in [0.5, 0.6) is 0 Å². The van der Waals surface area contributed by atoms with Crippen molar-refractivity contribution in [2.75, 3.05) is 0 Å². The molecule has 1 aromatic heterocycles. The molecule has 2 nitrogen and oxygen atoms in total. The predicted octanol–water partition coefficient (Wildman–Crippen LogP) is 4.16. The molecule has 15 heavy (non-hydrogen) atoms. The Morgan fingerprint density at radius 3 is 2.60 bits per heavy atom. The van der Waals surface area contributed by atoms with Gasteiger partial charge in [-0.3, -0.25) is 0 Å². The van der Waals surface area contributed by atoms with Crippen LogP contribution in [0.1, 0.15) is 5.82 Å². The Bertz CT molecular complexity index is 516. The van der Waals surface area contributed by atoms with E-state index in [4.69, 9.17) is 34.8 Å². The molecule has 0 bridgehead atoms. The van der Waals surface area contributed by atoms with Crippen molar-refractivity contribution in [1.29, 1.82) is 0 Å². The molecule has 6 heteroatoms. The maximum absolute atomic E-state index is 5.81. The van der Waals surface area contributed by atoms with Crippen LogP contribution in [-0.2, 0) is 10.8 Å². The molecule has 0 aliphatic heterocycles. The van der Waals surface area contributed by atoms with E-state index in [0.29, 0.717) is 5.82 Å². The highest BCUT2D eigenvalue weighted by molar-refractivity contribution is 9.10. The summed E-state index contributed by atoms with van der Waals surface area (Å²) < 4.78 is 1.24. The van der Waals surface area contributed by atoms with Gasteiger partial charge in [0.25, 0.3) is 0 Å². The van der Waals surface area contributed by atoms with E-state index in [0.717, 1.165) is 15.5 Å². The second-order valence-electron chi connectivity index (χ2n) is 3.13. The highest BCUT2D eigenvalue weighted by Crippen LogP contribution is 2.38. The zero-order valence-corrected chi connectivity index (χ0v) is 11.5. The van der Waals surface area contributed by atoms with Gasteiger partial charge in [0, 0.05) is 11.5 Å². The van der Waals surface area contributed by atoms with Crippen LogP contribution >= 0.6 is 50.7 Å². The minimum atomic E-state index is -1.50. The number of aromatic nitrogens is 2. The normalized spacial score (nSPS) is 12.3. The molecular formula is C9H6BrCl3N2. The van der Waals surface area contributed by atoms with E-state index in [1.807, 2.05) is 25.2 Å². The summed E-state index contributed by atoms with van der Waals surface area (Å²) in [6.45, 7) is 0. The molecule has 0 aliphatic carbocycles. The molecular weight excluding hydrogens is 322 g/mol. The number of nitrogens with zero attached hydrogens (tertiary/aromatic N) is 2. The highest BCUT2D eigenvalue weighted by Gasteiger charge is 2.29. The monoisotopic (exact) mass is 326 g/mol. The van der Waals surface area contributed by atoms with Gasteiger partial charge in [0.15, 0.2) is 5.82 Å². The lowest BCUT2D eigenvalue weighted by Gasteiger charge is -2.09. The van der Waals surface area contributed by atoms with Gasteiger partial charge in [-0.05, 0) is 18.2 Å². The van der Waals surface area contributed by atoms with Gasteiger partial charge in [0.2, 0.25) is 3.79 Å². The standard InChI is InChI=1S/C9H6BrCl3N2/c1-15-7-4-5(10)2-3-6(7)14-8(15)9(11,12)13/h2-4H,1H3. The van der Waals surface area contributed by atoms with Crippen molar-refractivity contribution in [2.45, 2.75) is 3.79 Å². The van der Waals surface area contributed by atoms with Crippen molar-refractivity contribution in [3.05, 3.63) is 28.5 Å². The second-order valence-corrected chi connectivity index (χ2v) is 6.32. The fourth-order valence-electron chi connectivity index (χ4n) is 1.42. The molecule has 1 heterocycles. The van der Waals surface area contributed by atoms with Gasteiger partial charge in [-0.15, -0.1) is 0 Å². The smallest absolute Gasteiger partial charge is 0.248 e. The zero-order valence-electron chi connectivity index (χ0n) is 7.64. The number of benzene rings is 1. The van der Waals surface area contributed by atoms with Gasteiger partial charge in [0.05, 0.1) is 11.0 Å². The average molecular weight is 328 g/mol. The molecule has 0 amide bonds. The van der Waals surface area contributed by atoms with E-state index in [1.165, 1.54) is 0 Å². The van der Waals surface area contributed by atoms with Crippen molar-refractivity contribution < 1.29 is 0 Å². The summed E-state index contributed by atoms with van der Waals surface area (Å²) in [4.78, 5) is 4.27. The number of alkyl halides is 3. The number of hydrogen-bond donors (Lipinski definition) is 0. The summed E-state index contributed by atoms with van der Waals surface area (Å²) in [7, 11) is 1.82. The third kappa shape index (κ3) is 2.11. The molecule has 2 rings (SSSR count). The summed E-state index contributed by atoms with van der Waals surface area (Å²) in [6, 6.07) is 5.71. The number of imidazole rings is 1. The fraction of sp³-hybridized carbons (Fsp3) is 0.222. The summed E-state index contributed by atoms with van der Waals surface area (Å²) in [5.41, 5.74) is 1.73. The molecule has 0 saturated carbocycles. The average Bonchev–Trinajstić information content (AvgIpc) is 2.43. The van der Waals surface area contributed by atoms with Crippen molar-refractivity contribution in [2.24, 2.45) is 7.05 Å². The van der Waals surface area contributed by atoms with Gasteiger partial charge in [0.1, 0.15) is 0 Å². The fourth-order valence-corrected chi connectivity index (χ4v) is 2.27. The summed E-state index contributed by atoms with van der Waals surface area (Å²) in [5, 5.41) is 0. The van der Waals surface area contributed by atoms with E-state index in [9.17, 15) is 0 Å². The summed E-state index contributed by atoms with van der Waals surface area (Å²) in [6.07, 6.45) is 0. The lowest BCUT2D eigenvalue weighted by atomic mass is 10.3. The minimum Gasteiger partial charge on any atom is -0.327 e. The van der Waals surface area contributed by atoms with Gasteiger partial charge >= 0.3 is 0 Å². The SMILES string of the molecule is Cn1c(C(Cl)(Cl)Cl)nc2ccc(Br)cc21. The molecule has 0 aliphatic rings. The Labute approximate surface area is 110 Å². The number of hydrogen-bond acceptors (Lipinski definition) is 1. The van der Waals surface area contributed by atoms with Crippen LogP contribution in [0.2, 0.25) is 0 Å². The van der Waals surface area contributed by atoms with Crippen LogP contribution in [0.25, 0.3) is 11.0 Å². The Hall–Kier alpha value is 0.0400. The van der Waals surface area contributed by atoms with Crippen molar-refractivity contribution in [3.8, 4) is 0 Å². The van der Waals surface area contributed by atoms with E-state index >= 15 is 0 Å². The van der Waals surface area contributed by atoms with Crippen molar-refractivity contribution in [3.63, 3.8) is 0 Å². The van der Waals surface area contributed by atoms with E-state index in [-0.39, 0.29) is 0 Å². The summed E-state index contributed by atoms with van der Waals surface area (Å²) >= 11 is 20.8. The Kier molecular flexibility index (Phi) is 2.93. The molecule has 1 aromatic carbocycles. The number of halogens is 4. The second kappa shape index (κ2) is 3.81. The highest BCUT2D eigenvalue weighted by atomic mass is 79.9. The molecule has 0 N–H and O–H groups in total. The molecule has 2 aromatic rings. The topological polar surface area (TPSA) is 17.8 Å². The Balaban J connectivity index is 2.76. The van der Waals surface area contributed by atoms with E-state index in [1.54, 1.807) is 4.57 Å². The van der Waals surface area contributed by atoms with Crippen molar-refractivity contribution >= 4 is 61.8 Å². The van der Waals surface area contributed by atoms with Crippen LogP contribution in [-0.4, -0.2) is 9.55 Å². The van der Waals surface area contributed by atoms with Crippen LogP contribution in [0.3, 0.4) is 0 Å². The molecule has 0 fully saturated rings. The van der Waals surface area contributed by atoms with Crippen LogP contribution in [0, 0.1) is 0 Å². The van der Waals surface area contributed by atoms with Gasteiger partial charge < -0.3 is 4.57 Å². The summed E-state index contributed by atoms with van der Waals surface area (Å²) in [5.74, 6) is 0.417. The van der Waals surface area contributed by atoms with Crippen LogP contribution in [0.15, 0.2) is 22.7 Å². The molecule has 80 valence electrons. The Morgan fingerprint density at radius 1 is 1.33 bits per heavy atom. The Morgan fingerprint density at radius 2 is 2.00 bits per heavy atom. The van der Waals surface area contributed by atoms with Gasteiger partial charge in [-0.1, -0.05) is 50.7 Å². The molecule has 0 radical (unpaired) electrons. The third-order valence-electron chi connectivity index (χ3n) is 2.10. The largest absolute Gasteiger partial charge is 0.327 e. The molecule has 0 atom stereocenters. The zero-order chi connectivity index (χ0) is 11.2. The number of aryl methyl sites for hydroxylation is 1. The van der Waals surface area contributed by atoms with Gasteiger partial charge in [-0.25, -0.2) is 4.98 Å². The number of rotatable bonds is 0.